The number of unbranched alkanes of at least 4 members (excludes halogenated alkanes) is 15. The molecule has 0 aromatic rings. The Morgan fingerprint density at radius 2 is 1.00 bits per heavy atom. The minimum Gasteiger partial charge on any atom is -0.756 e. The first-order valence-corrected chi connectivity index (χ1v) is 23.5. The van der Waals surface area contributed by atoms with Crippen molar-refractivity contribution >= 4 is 19.8 Å². The summed E-state index contributed by atoms with van der Waals surface area (Å²) in [6.45, 7) is 4.09. The van der Waals surface area contributed by atoms with Crippen molar-refractivity contribution in [2.75, 3.05) is 47.5 Å². The van der Waals surface area contributed by atoms with Gasteiger partial charge in [-0.05, 0) is 77.0 Å². The third-order valence-corrected chi connectivity index (χ3v) is 9.96. The number of nitrogens with zero attached hydrogens (tertiary/aromatic N) is 1. The van der Waals surface area contributed by atoms with Crippen molar-refractivity contribution in [3.05, 3.63) is 60.8 Å². The molecule has 0 aromatic carbocycles. The lowest BCUT2D eigenvalue weighted by molar-refractivity contribution is -0.870. The molecule has 0 saturated carbocycles. The van der Waals surface area contributed by atoms with Crippen molar-refractivity contribution in [3.8, 4) is 0 Å². The molecule has 0 fully saturated rings. The molecular weight excluding hydrogens is 725 g/mol. The smallest absolute Gasteiger partial charge is 0.306 e. The summed E-state index contributed by atoms with van der Waals surface area (Å²) in [5.74, 6) is -0.893. The zero-order valence-corrected chi connectivity index (χ0v) is 37.2. The number of carbonyl (C=O) groups excluding carboxylic acids is 2. The second-order valence-corrected chi connectivity index (χ2v) is 17.1. The number of ether oxygens (including phenoxy) is 2. The summed E-state index contributed by atoms with van der Waals surface area (Å²) in [7, 11) is 1.13. The number of hydrogen-bond donors (Lipinski definition) is 0. The minimum absolute atomic E-state index is 0.0412. The Balaban J connectivity index is 4.45. The summed E-state index contributed by atoms with van der Waals surface area (Å²) in [5.41, 5.74) is 0. The maximum absolute atomic E-state index is 12.7. The van der Waals surface area contributed by atoms with Crippen LogP contribution in [0.1, 0.15) is 168 Å². The fourth-order valence-electron chi connectivity index (χ4n) is 5.52. The lowest BCUT2D eigenvalue weighted by Crippen LogP contribution is -2.37. The van der Waals surface area contributed by atoms with Gasteiger partial charge in [-0.3, -0.25) is 14.2 Å². The summed E-state index contributed by atoms with van der Waals surface area (Å²) >= 11 is 0. The molecule has 9 nitrogen and oxygen atoms in total. The van der Waals surface area contributed by atoms with Crippen molar-refractivity contribution in [3.63, 3.8) is 0 Å². The van der Waals surface area contributed by atoms with Crippen LogP contribution in [0.25, 0.3) is 0 Å². The van der Waals surface area contributed by atoms with E-state index in [0.29, 0.717) is 23.9 Å². The largest absolute Gasteiger partial charge is 0.756 e. The van der Waals surface area contributed by atoms with Gasteiger partial charge in [-0.1, -0.05) is 139 Å². The molecule has 0 amide bonds. The number of likely N-dealkylation sites (N-methyl/N-ethyl adjacent to an activating group) is 1. The molecule has 0 aliphatic heterocycles. The predicted molar refractivity (Wildman–Crippen MR) is 231 cm³/mol. The Bertz CT molecular complexity index is 1140. The number of esters is 2. The number of phosphoric acid groups is 1. The standard InChI is InChI=1S/C46H82NO8P/c1-6-8-10-12-14-16-18-20-22-23-25-26-28-30-32-34-36-38-45(48)52-42-44(43-54-56(50,51)53-41-40-47(3,4)5)55-46(49)39-37-35-33-31-29-27-24-21-19-17-15-13-11-9-7-2/h10,12,16,18,22-23,26-29,44H,6-9,11,13-15,17,19-21,24-25,30-43H2,1-5H3/b12-10+,18-16+,23-22+,28-26+,29-27+/t44-/m1/s1. The Morgan fingerprint density at radius 1 is 0.554 bits per heavy atom. The van der Waals surface area contributed by atoms with E-state index < -0.39 is 32.5 Å². The fraction of sp³-hybridized carbons (Fsp3) is 0.739. The maximum Gasteiger partial charge on any atom is 0.306 e. The summed E-state index contributed by atoms with van der Waals surface area (Å²) in [4.78, 5) is 37.5. The van der Waals surface area contributed by atoms with Gasteiger partial charge in [0.15, 0.2) is 6.10 Å². The molecule has 0 bridgehead atoms. The monoisotopic (exact) mass is 808 g/mol. The summed E-state index contributed by atoms with van der Waals surface area (Å²) < 4.78 is 33.8. The van der Waals surface area contributed by atoms with Crippen LogP contribution in [0.2, 0.25) is 0 Å². The van der Waals surface area contributed by atoms with Crippen molar-refractivity contribution in [2.24, 2.45) is 0 Å². The average molecular weight is 808 g/mol. The first kappa shape index (κ1) is 53.7. The molecular formula is C46H82NO8P. The molecule has 0 saturated heterocycles. The van der Waals surface area contributed by atoms with E-state index in [9.17, 15) is 19.0 Å². The van der Waals surface area contributed by atoms with E-state index in [1.165, 1.54) is 57.8 Å². The van der Waals surface area contributed by atoms with Gasteiger partial charge >= 0.3 is 11.9 Å². The first-order chi connectivity index (χ1) is 27.0. The molecule has 0 spiro atoms. The van der Waals surface area contributed by atoms with Crippen molar-refractivity contribution in [1.82, 2.24) is 0 Å². The Morgan fingerprint density at radius 3 is 1.52 bits per heavy atom. The minimum atomic E-state index is -4.64. The molecule has 0 radical (unpaired) electrons. The van der Waals surface area contributed by atoms with Gasteiger partial charge in [-0.25, -0.2) is 0 Å². The molecule has 0 rings (SSSR count). The molecule has 10 heteroatoms. The van der Waals surface area contributed by atoms with Gasteiger partial charge in [0.05, 0.1) is 27.7 Å². The number of hydrogen-bond acceptors (Lipinski definition) is 8. The van der Waals surface area contributed by atoms with Crippen LogP contribution in [0, 0.1) is 0 Å². The molecule has 324 valence electrons. The zero-order valence-electron chi connectivity index (χ0n) is 36.3. The number of quaternary nitrogens is 1. The molecule has 0 N–H and O–H groups in total. The predicted octanol–water partition coefficient (Wildman–Crippen LogP) is 11.8. The van der Waals surface area contributed by atoms with Gasteiger partial charge in [0.1, 0.15) is 19.8 Å². The van der Waals surface area contributed by atoms with E-state index in [0.717, 1.165) is 70.6 Å². The van der Waals surface area contributed by atoms with Gasteiger partial charge in [0.2, 0.25) is 0 Å². The Kier molecular flexibility index (Phi) is 36.7. The van der Waals surface area contributed by atoms with Gasteiger partial charge in [-0.2, -0.15) is 0 Å². The normalized spacial score (nSPS) is 14.2. The second-order valence-electron chi connectivity index (χ2n) is 15.7. The second kappa shape index (κ2) is 38.2. The highest BCUT2D eigenvalue weighted by molar-refractivity contribution is 7.45. The van der Waals surface area contributed by atoms with Crippen LogP contribution in [0.3, 0.4) is 0 Å². The maximum atomic E-state index is 12.7. The van der Waals surface area contributed by atoms with E-state index in [1.807, 2.05) is 21.1 Å². The number of allylic oxidation sites excluding steroid dienone is 10. The van der Waals surface area contributed by atoms with E-state index in [4.69, 9.17) is 18.5 Å². The van der Waals surface area contributed by atoms with Crippen LogP contribution in [0.15, 0.2) is 60.8 Å². The number of phosphoric ester groups is 1. The lowest BCUT2D eigenvalue weighted by Gasteiger charge is -2.28. The van der Waals surface area contributed by atoms with E-state index in [-0.39, 0.29) is 26.1 Å². The van der Waals surface area contributed by atoms with Crippen LogP contribution in [0.4, 0.5) is 0 Å². The quantitative estimate of drug-likeness (QED) is 0.0198. The number of carbonyl (C=O) groups is 2. The summed E-state index contributed by atoms with van der Waals surface area (Å²) in [5, 5.41) is 0. The number of rotatable bonds is 39. The first-order valence-electron chi connectivity index (χ1n) is 22.0. The third kappa shape index (κ3) is 41.3. The topological polar surface area (TPSA) is 111 Å². The summed E-state index contributed by atoms with van der Waals surface area (Å²) in [6.07, 6.45) is 45.3. The molecule has 2 atom stereocenters. The zero-order chi connectivity index (χ0) is 41.4. The van der Waals surface area contributed by atoms with E-state index in [2.05, 4.69) is 74.6 Å². The SMILES string of the molecule is CCC/C=C/C/C=C/C/C=C/C/C=C/CCCCCC(=O)OC[C@H](COP(=O)([O-])OCC[N+](C)(C)C)OC(=O)CCCCC/C=C/CCCCCCCCCC. The average Bonchev–Trinajstić information content (AvgIpc) is 3.15. The van der Waals surface area contributed by atoms with E-state index in [1.54, 1.807) is 0 Å². The van der Waals surface area contributed by atoms with Crippen molar-refractivity contribution < 1.29 is 42.1 Å². The van der Waals surface area contributed by atoms with E-state index >= 15 is 0 Å². The van der Waals surface area contributed by atoms with Crippen LogP contribution in [-0.2, 0) is 32.7 Å². The van der Waals surface area contributed by atoms with Gasteiger partial charge < -0.3 is 27.9 Å². The highest BCUT2D eigenvalue weighted by atomic mass is 31.2. The van der Waals surface area contributed by atoms with Gasteiger partial charge in [0.25, 0.3) is 7.82 Å². The molecule has 56 heavy (non-hydrogen) atoms. The highest BCUT2D eigenvalue weighted by Crippen LogP contribution is 2.38. The Hall–Kier alpha value is -2.29. The van der Waals surface area contributed by atoms with Gasteiger partial charge in [0, 0.05) is 12.8 Å². The van der Waals surface area contributed by atoms with Crippen LogP contribution >= 0.6 is 7.82 Å². The van der Waals surface area contributed by atoms with Crippen molar-refractivity contribution in [1.29, 1.82) is 0 Å². The molecule has 0 aliphatic rings. The molecule has 0 heterocycles. The third-order valence-electron chi connectivity index (χ3n) is 8.99. The molecule has 0 aliphatic carbocycles. The highest BCUT2D eigenvalue weighted by Gasteiger charge is 2.21. The summed E-state index contributed by atoms with van der Waals surface area (Å²) in [6, 6.07) is 0. The van der Waals surface area contributed by atoms with Crippen molar-refractivity contribution in [2.45, 2.75) is 174 Å². The van der Waals surface area contributed by atoms with Crippen LogP contribution in [-0.4, -0.2) is 70.0 Å². The van der Waals surface area contributed by atoms with Gasteiger partial charge in [-0.15, -0.1) is 0 Å². The lowest BCUT2D eigenvalue weighted by atomic mass is 10.1. The molecule has 0 aromatic heterocycles. The van der Waals surface area contributed by atoms with Crippen LogP contribution in [0.5, 0.6) is 0 Å². The molecule has 1 unspecified atom stereocenters. The van der Waals surface area contributed by atoms with Crippen LogP contribution < -0.4 is 4.89 Å². The fourth-order valence-corrected chi connectivity index (χ4v) is 6.25. The Labute approximate surface area is 343 Å².